The molecule has 0 aliphatic carbocycles. The Morgan fingerprint density at radius 3 is 2.61 bits per heavy atom. The fourth-order valence-electron chi connectivity index (χ4n) is 4.26. The van der Waals surface area contributed by atoms with Crippen LogP contribution >= 0.6 is 11.6 Å². The lowest BCUT2D eigenvalue weighted by molar-refractivity contribution is -0.0795. The van der Waals surface area contributed by atoms with Gasteiger partial charge in [-0.15, -0.1) is 0 Å². The largest absolute Gasteiger partial charge is 0.490 e. The summed E-state index contributed by atoms with van der Waals surface area (Å²) in [6, 6.07) is 8.55. The van der Waals surface area contributed by atoms with Gasteiger partial charge in [-0.3, -0.25) is 4.21 Å². The van der Waals surface area contributed by atoms with Crippen molar-refractivity contribution in [2.45, 2.75) is 28.6 Å². The molecule has 28 heavy (non-hydrogen) atoms. The van der Waals surface area contributed by atoms with Crippen molar-refractivity contribution >= 4 is 22.4 Å². The number of fused-ring (bicyclic) bond motifs is 3. The zero-order valence-corrected chi connectivity index (χ0v) is 16.4. The highest BCUT2D eigenvalue weighted by Crippen LogP contribution is 2.54. The predicted octanol–water partition coefficient (Wildman–Crippen LogP) is 3.80. The van der Waals surface area contributed by atoms with Crippen LogP contribution in [0.2, 0.25) is 5.02 Å². The van der Waals surface area contributed by atoms with Crippen LogP contribution in [-0.2, 0) is 20.3 Å². The molecule has 8 heteroatoms. The Morgan fingerprint density at radius 2 is 1.89 bits per heavy atom. The Kier molecular flexibility index (Phi) is 5.44. The molecule has 2 unspecified atom stereocenters. The maximum absolute atomic E-state index is 15.0. The zero-order chi connectivity index (χ0) is 19.9. The summed E-state index contributed by atoms with van der Waals surface area (Å²) < 4.78 is 53.5. The van der Waals surface area contributed by atoms with E-state index < -0.39 is 39.2 Å². The third-order valence-electron chi connectivity index (χ3n) is 5.51. The van der Waals surface area contributed by atoms with E-state index in [4.69, 9.17) is 21.1 Å². The van der Waals surface area contributed by atoms with Gasteiger partial charge in [0.25, 0.3) is 0 Å². The van der Waals surface area contributed by atoms with Gasteiger partial charge in [-0.25, -0.2) is 8.78 Å². The van der Waals surface area contributed by atoms with E-state index in [1.54, 1.807) is 24.3 Å². The second kappa shape index (κ2) is 7.71. The standard InChI is InChI=1S/C20H19ClF2O4S/c21-12-1-3-13(4-2-12)28(25)20-8-10-26-17(7-9-24)14(20)11-27-19-16(23)6-5-15(22)18(19)20/h1-6,14,17,24H,7-11H2/t14?,17-,20-,28?/m0/s1. The molecule has 0 radical (unpaired) electrons. The summed E-state index contributed by atoms with van der Waals surface area (Å²) in [5.41, 5.74) is -0.0109. The SMILES string of the molecule is O=S(c1ccc(Cl)cc1)[C@@]12CCO[C@@H](CCO)C1COc1c(F)ccc(F)c12. The minimum absolute atomic E-state index is 0.0109. The van der Waals surface area contributed by atoms with Crippen LogP contribution in [0.3, 0.4) is 0 Å². The van der Waals surface area contributed by atoms with Crippen molar-refractivity contribution in [1.82, 2.24) is 0 Å². The van der Waals surface area contributed by atoms with Crippen LogP contribution in [0, 0.1) is 17.6 Å². The topological polar surface area (TPSA) is 55.8 Å². The van der Waals surface area contributed by atoms with Crippen LogP contribution in [0.15, 0.2) is 41.3 Å². The molecular weight excluding hydrogens is 410 g/mol. The highest BCUT2D eigenvalue weighted by molar-refractivity contribution is 7.86. The van der Waals surface area contributed by atoms with Crippen LogP contribution in [0.25, 0.3) is 0 Å². The predicted molar refractivity (Wildman–Crippen MR) is 101 cm³/mol. The van der Waals surface area contributed by atoms with Crippen LogP contribution in [0.4, 0.5) is 8.78 Å². The summed E-state index contributed by atoms with van der Waals surface area (Å²) in [6.07, 6.45) is 0.0524. The molecule has 2 aliphatic heterocycles. The molecule has 0 bridgehead atoms. The molecule has 2 aromatic rings. The third-order valence-corrected chi connectivity index (χ3v) is 7.84. The van der Waals surface area contributed by atoms with E-state index >= 15 is 4.39 Å². The number of aliphatic hydroxyl groups excluding tert-OH is 1. The molecule has 0 saturated carbocycles. The van der Waals surface area contributed by atoms with Gasteiger partial charge in [0, 0.05) is 29.0 Å². The van der Waals surface area contributed by atoms with Gasteiger partial charge >= 0.3 is 0 Å². The van der Waals surface area contributed by atoms with E-state index in [2.05, 4.69) is 0 Å². The van der Waals surface area contributed by atoms with Gasteiger partial charge in [-0.2, -0.15) is 0 Å². The monoisotopic (exact) mass is 428 g/mol. The first-order chi connectivity index (χ1) is 13.5. The Hall–Kier alpha value is -1.54. The summed E-state index contributed by atoms with van der Waals surface area (Å²) in [5.74, 6) is -2.04. The average Bonchev–Trinajstić information content (AvgIpc) is 2.70. The molecule has 4 rings (SSSR count). The van der Waals surface area contributed by atoms with Gasteiger partial charge in [0.1, 0.15) is 5.82 Å². The van der Waals surface area contributed by atoms with Crippen LogP contribution in [-0.4, -0.2) is 35.2 Å². The lowest BCUT2D eigenvalue weighted by Crippen LogP contribution is -2.56. The van der Waals surface area contributed by atoms with E-state index in [1.807, 2.05) is 0 Å². The number of benzene rings is 2. The summed E-state index contributed by atoms with van der Waals surface area (Å²) in [5, 5.41) is 9.92. The van der Waals surface area contributed by atoms with Crippen molar-refractivity contribution in [2.24, 2.45) is 5.92 Å². The number of hydrogen-bond donors (Lipinski definition) is 1. The molecular formula is C20H19ClF2O4S. The van der Waals surface area contributed by atoms with E-state index in [-0.39, 0.29) is 37.6 Å². The fraction of sp³-hybridized carbons (Fsp3) is 0.400. The summed E-state index contributed by atoms with van der Waals surface area (Å²) >= 11 is 5.95. The third kappa shape index (κ3) is 3.05. The number of rotatable bonds is 4. The maximum atomic E-state index is 15.0. The molecule has 1 N–H and O–H groups in total. The van der Waals surface area contributed by atoms with Crippen LogP contribution < -0.4 is 4.74 Å². The molecule has 150 valence electrons. The number of ether oxygens (including phenoxy) is 2. The summed E-state index contributed by atoms with van der Waals surface area (Å²) in [6.45, 7) is 0.108. The molecule has 4 nitrogen and oxygen atoms in total. The Labute approximate surface area is 168 Å². The molecule has 1 saturated heterocycles. The van der Waals surface area contributed by atoms with Crippen molar-refractivity contribution < 1.29 is 27.6 Å². The number of aliphatic hydroxyl groups is 1. The average molecular weight is 429 g/mol. The molecule has 0 aromatic heterocycles. The highest BCUT2D eigenvalue weighted by Gasteiger charge is 2.57. The second-order valence-electron chi connectivity index (χ2n) is 6.93. The van der Waals surface area contributed by atoms with Gasteiger partial charge in [0.15, 0.2) is 11.6 Å². The van der Waals surface area contributed by atoms with E-state index in [0.29, 0.717) is 16.3 Å². The van der Waals surface area contributed by atoms with Crippen LogP contribution in [0.1, 0.15) is 18.4 Å². The summed E-state index contributed by atoms with van der Waals surface area (Å²) in [4.78, 5) is 0.468. The highest BCUT2D eigenvalue weighted by atomic mass is 35.5. The Morgan fingerprint density at radius 1 is 1.18 bits per heavy atom. The van der Waals surface area contributed by atoms with Crippen molar-refractivity contribution in [2.75, 3.05) is 19.8 Å². The van der Waals surface area contributed by atoms with E-state index in [0.717, 1.165) is 12.1 Å². The first-order valence-corrected chi connectivity index (χ1v) is 10.5. The molecule has 2 aromatic carbocycles. The minimum atomic E-state index is -1.73. The minimum Gasteiger partial charge on any atom is -0.490 e. The fourth-order valence-corrected chi connectivity index (χ4v) is 6.33. The van der Waals surface area contributed by atoms with E-state index in [1.165, 1.54) is 0 Å². The zero-order valence-electron chi connectivity index (χ0n) is 14.9. The van der Waals surface area contributed by atoms with Crippen molar-refractivity contribution in [3.8, 4) is 5.75 Å². The van der Waals surface area contributed by atoms with Gasteiger partial charge in [0.05, 0.1) is 33.8 Å². The molecule has 1 fully saturated rings. The first-order valence-electron chi connectivity index (χ1n) is 9.00. The normalized spacial score (nSPS) is 27.4. The van der Waals surface area contributed by atoms with Gasteiger partial charge in [-0.05, 0) is 49.2 Å². The number of halogens is 3. The molecule has 0 amide bonds. The summed E-state index contributed by atoms with van der Waals surface area (Å²) in [7, 11) is -1.73. The van der Waals surface area contributed by atoms with E-state index in [9.17, 15) is 13.7 Å². The van der Waals surface area contributed by atoms with Crippen molar-refractivity contribution in [3.63, 3.8) is 0 Å². The molecule has 0 spiro atoms. The lowest BCUT2D eigenvalue weighted by Gasteiger charge is -2.50. The second-order valence-corrected chi connectivity index (χ2v) is 9.11. The Balaban J connectivity index is 1.93. The van der Waals surface area contributed by atoms with Crippen molar-refractivity contribution in [3.05, 3.63) is 58.6 Å². The van der Waals surface area contributed by atoms with Gasteiger partial charge in [0.2, 0.25) is 0 Å². The molecule has 2 aliphatic rings. The van der Waals surface area contributed by atoms with Crippen molar-refractivity contribution in [1.29, 1.82) is 0 Å². The molecule has 2 heterocycles. The molecule has 4 atom stereocenters. The smallest absolute Gasteiger partial charge is 0.165 e. The maximum Gasteiger partial charge on any atom is 0.165 e. The van der Waals surface area contributed by atoms with Gasteiger partial charge in [-0.1, -0.05) is 11.6 Å². The van der Waals surface area contributed by atoms with Gasteiger partial charge < -0.3 is 14.6 Å². The quantitative estimate of drug-likeness (QED) is 0.804. The van der Waals surface area contributed by atoms with Crippen LogP contribution in [0.5, 0.6) is 5.75 Å². The lowest BCUT2D eigenvalue weighted by atomic mass is 9.75. The Bertz CT molecular complexity index is 906. The number of hydrogen-bond acceptors (Lipinski definition) is 4. The first kappa shape index (κ1) is 19.8.